The Balaban J connectivity index is 1.58. The Bertz CT molecular complexity index is 838. The lowest BCUT2D eigenvalue weighted by Crippen LogP contribution is -2.36. The monoisotopic (exact) mass is 406 g/mol. The van der Waals surface area contributed by atoms with E-state index in [9.17, 15) is 14.3 Å². The highest BCUT2D eigenvalue weighted by Gasteiger charge is 2.19. The van der Waals surface area contributed by atoms with Crippen molar-refractivity contribution in [1.29, 1.82) is 0 Å². The van der Waals surface area contributed by atoms with E-state index in [1.165, 1.54) is 13.2 Å². The molecule has 1 heterocycles. The molecular formula is C21H24ClFN2O3. The minimum atomic E-state index is -0.320. The molecule has 0 bridgehead atoms. The highest BCUT2D eigenvalue weighted by atomic mass is 35.5. The summed E-state index contributed by atoms with van der Waals surface area (Å²) >= 11 is 5.99. The van der Waals surface area contributed by atoms with Crippen molar-refractivity contribution in [1.82, 2.24) is 5.32 Å². The Labute approximate surface area is 169 Å². The number of carbonyl (C=O) groups is 1. The zero-order valence-corrected chi connectivity index (χ0v) is 16.5. The first kappa shape index (κ1) is 20.4. The van der Waals surface area contributed by atoms with Crippen molar-refractivity contribution in [2.75, 3.05) is 25.1 Å². The molecule has 0 spiro atoms. The number of hydrogen-bond acceptors (Lipinski definition) is 4. The molecule has 0 aromatic heterocycles. The summed E-state index contributed by atoms with van der Waals surface area (Å²) in [5.41, 5.74) is 1.91. The van der Waals surface area contributed by atoms with E-state index < -0.39 is 0 Å². The third-order valence-corrected chi connectivity index (χ3v) is 5.14. The summed E-state index contributed by atoms with van der Waals surface area (Å²) in [7, 11) is 1.54. The molecule has 3 rings (SSSR count). The lowest BCUT2D eigenvalue weighted by molar-refractivity contribution is -0.120. The molecule has 1 amide bonds. The van der Waals surface area contributed by atoms with E-state index in [2.05, 4.69) is 5.32 Å². The van der Waals surface area contributed by atoms with Crippen LogP contribution in [-0.4, -0.2) is 37.3 Å². The van der Waals surface area contributed by atoms with Gasteiger partial charge in [0.1, 0.15) is 11.6 Å². The number of carbonyl (C=O) groups excluding carboxylic acids is 1. The molecule has 1 aliphatic rings. The predicted octanol–water partition coefficient (Wildman–Crippen LogP) is 3.31. The maximum atomic E-state index is 14.5. The van der Waals surface area contributed by atoms with E-state index >= 15 is 0 Å². The second-order valence-corrected chi connectivity index (χ2v) is 7.35. The van der Waals surface area contributed by atoms with Gasteiger partial charge in [0.05, 0.1) is 25.3 Å². The summed E-state index contributed by atoms with van der Waals surface area (Å²) in [5.74, 6) is 0.0799. The minimum Gasteiger partial charge on any atom is -0.496 e. The largest absolute Gasteiger partial charge is 0.496 e. The molecule has 2 N–H and O–H groups in total. The summed E-state index contributed by atoms with van der Waals surface area (Å²) < 4.78 is 19.7. The number of piperidine rings is 1. The standard InChI is InChI=1S/C21H24ClFN2O3/c1-28-20-5-3-16(22)11-15(20)12-21(27)24-13-14-2-4-19(18(23)10-14)25-8-6-17(26)7-9-25/h2-5,10-11,17,26H,6-9,12-13H2,1H3,(H,24,27). The molecule has 28 heavy (non-hydrogen) atoms. The number of halogens is 2. The second kappa shape index (κ2) is 9.26. The van der Waals surface area contributed by atoms with Crippen molar-refractivity contribution in [3.8, 4) is 5.75 Å². The summed E-state index contributed by atoms with van der Waals surface area (Å²) in [5, 5.41) is 12.9. The Morgan fingerprint density at radius 1 is 1.29 bits per heavy atom. The Morgan fingerprint density at radius 2 is 2.04 bits per heavy atom. The molecule has 1 aliphatic heterocycles. The predicted molar refractivity (Wildman–Crippen MR) is 107 cm³/mol. The third kappa shape index (κ3) is 5.14. The number of aliphatic hydroxyl groups excluding tert-OH is 1. The number of anilines is 1. The average molecular weight is 407 g/mol. The van der Waals surface area contributed by atoms with Crippen LogP contribution in [-0.2, 0) is 17.8 Å². The number of rotatable bonds is 6. The zero-order chi connectivity index (χ0) is 20.1. The van der Waals surface area contributed by atoms with Gasteiger partial charge in [-0.3, -0.25) is 4.79 Å². The number of methoxy groups -OCH3 is 1. The number of ether oxygens (including phenoxy) is 1. The van der Waals surface area contributed by atoms with Crippen molar-refractivity contribution >= 4 is 23.2 Å². The van der Waals surface area contributed by atoms with Crippen LogP contribution in [0.2, 0.25) is 5.02 Å². The van der Waals surface area contributed by atoms with Crippen LogP contribution in [0, 0.1) is 5.82 Å². The van der Waals surface area contributed by atoms with Crippen LogP contribution in [0.3, 0.4) is 0 Å². The van der Waals surface area contributed by atoms with Gasteiger partial charge in [-0.2, -0.15) is 0 Å². The van der Waals surface area contributed by atoms with Gasteiger partial charge < -0.3 is 20.1 Å². The third-order valence-electron chi connectivity index (χ3n) is 4.90. The Morgan fingerprint density at radius 3 is 2.71 bits per heavy atom. The topological polar surface area (TPSA) is 61.8 Å². The Kier molecular flexibility index (Phi) is 6.75. The normalized spacial score (nSPS) is 14.8. The fraction of sp³-hybridized carbons (Fsp3) is 0.381. The zero-order valence-electron chi connectivity index (χ0n) is 15.8. The molecule has 0 aliphatic carbocycles. The van der Waals surface area contributed by atoms with Crippen LogP contribution >= 0.6 is 11.6 Å². The molecule has 1 fully saturated rings. The number of hydrogen-bond donors (Lipinski definition) is 2. The molecule has 0 radical (unpaired) electrons. The molecule has 0 unspecified atom stereocenters. The fourth-order valence-electron chi connectivity index (χ4n) is 3.35. The number of nitrogens with zero attached hydrogens (tertiary/aromatic N) is 1. The maximum Gasteiger partial charge on any atom is 0.224 e. The van der Waals surface area contributed by atoms with Gasteiger partial charge in [-0.05, 0) is 48.7 Å². The van der Waals surface area contributed by atoms with Gasteiger partial charge in [0.2, 0.25) is 5.91 Å². The van der Waals surface area contributed by atoms with Crippen molar-refractivity contribution in [3.05, 3.63) is 58.4 Å². The van der Waals surface area contributed by atoms with Gasteiger partial charge in [0.25, 0.3) is 0 Å². The minimum absolute atomic E-state index is 0.125. The van der Waals surface area contributed by atoms with Crippen molar-refractivity contribution < 1.29 is 19.0 Å². The molecule has 2 aromatic carbocycles. The van der Waals surface area contributed by atoms with Crippen LogP contribution in [0.1, 0.15) is 24.0 Å². The molecule has 0 atom stereocenters. The van der Waals surface area contributed by atoms with Crippen LogP contribution < -0.4 is 15.0 Å². The van der Waals surface area contributed by atoms with Gasteiger partial charge in [-0.1, -0.05) is 17.7 Å². The fourth-order valence-corrected chi connectivity index (χ4v) is 3.54. The van der Waals surface area contributed by atoms with Crippen molar-refractivity contribution in [2.24, 2.45) is 0 Å². The first-order valence-electron chi connectivity index (χ1n) is 9.27. The first-order valence-corrected chi connectivity index (χ1v) is 9.64. The SMILES string of the molecule is COc1ccc(Cl)cc1CC(=O)NCc1ccc(N2CCC(O)CC2)c(F)c1. The van der Waals surface area contributed by atoms with Gasteiger partial charge in [-0.25, -0.2) is 4.39 Å². The molecule has 2 aromatic rings. The van der Waals surface area contributed by atoms with E-state index in [0.717, 1.165) is 0 Å². The molecule has 5 nitrogen and oxygen atoms in total. The molecule has 0 saturated carbocycles. The molecule has 1 saturated heterocycles. The highest BCUT2D eigenvalue weighted by molar-refractivity contribution is 6.30. The van der Waals surface area contributed by atoms with E-state index in [-0.39, 0.29) is 30.8 Å². The van der Waals surface area contributed by atoms with Gasteiger partial charge in [-0.15, -0.1) is 0 Å². The smallest absolute Gasteiger partial charge is 0.224 e. The lowest BCUT2D eigenvalue weighted by Gasteiger charge is -2.31. The first-order chi connectivity index (χ1) is 13.5. The number of amides is 1. The van der Waals surface area contributed by atoms with Crippen LogP contribution in [0.5, 0.6) is 5.75 Å². The van der Waals surface area contributed by atoms with Crippen LogP contribution in [0.25, 0.3) is 0 Å². The number of nitrogens with one attached hydrogen (secondary N) is 1. The van der Waals surface area contributed by atoms with Crippen molar-refractivity contribution in [2.45, 2.75) is 31.9 Å². The van der Waals surface area contributed by atoms with Gasteiger partial charge in [0.15, 0.2) is 0 Å². The Hall–Kier alpha value is -2.31. The maximum absolute atomic E-state index is 14.5. The van der Waals surface area contributed by atoms with E-state index in [1.807, 2.05) is 11.0 Å². The highest BCUT2D eigenvalue weighted by Crippen LogP contribution is 2.25. The van der Waals surface area contributed by atoms with Crippen LogP contribution in [0.4, 0.5) is 10.1 Å². The molecule has 150 valence electrons. The van der Waals surface area contributed by atoms with E-state index in [1.54, 1.807) is 24.3 Å². The molecule has 7 heteroatoms. The molecular weight excluding hydrogens is 383 g/mol. The average Bonchev–Trinajstić information content (AvgIpc) is 2.67. The van der Waals surface area contributed by atoms with Gasteiger partial charge in [0, 0.05) is 30.2 Å². The lowest BCUT2D eigenvalue weighted by atomic mass is 10.1. The number of benzene rings is 2. The quantitative estimate of drug-likeness (QED) is 0.772. The van der Waals surface area contributed by atoms with Crippen LogP contribution in [0.15, 0.2) is 36.4 Å². The van der Waals surface area contributed by atoms with Gasteiger partial charge >= 0.3 is 0 Å². The van der Waals surface area contributed by atoms with E-state index in [0.29, 0.717) is 53.5 Å². The van der Waals surface area contributed by atoms with Crippen molar-refractivity contribution in [3.63, 3.8) is 0 Å². The number of aliphatic hydroxyl groups is 1. The van der Waals surface area contributed by atoms with E-state index in [4.69, 9.17) is 16.3 Å². The second-order valence-electron chi connectivity index (χ2n) is 6.91. The summed E-state index contributed by atoms with van der Waals surface area (Å²) in [6.45, 7) is 1.50. The summed E-state index contributed by atoms with van der Waals surface area (Å²) in [6.07, 6.45) is 1.11. The summed E-state index contributed by atoms with van der Waals surface area (Å²) in [6, 6.07) is 10.1. The summed E-state index contributed by atoms with van der Waals surface area (Å²) in [4.78, 5) is 14.2.